The molecule has 0 bridgehead atoms. The molecule has 1 saturated heterocycles. The molecular formula is C30H31N5O. The van der Waals surface area contributed by atoms with Crippen molar-refractivity contribution in [2.24, 2.45) is 0 Å². The first-order valence-electron chi connectivity index (χ1n) is 12.4. The minimum Gasteiger partial charge on any atom is -0.346 e. The van der Waals surface area contributed by atoms with Gasteiger partial charge in [0.15, 0.2) is 0 Å². The van der Waals surface area contributed by atoms with Crippen LogP contribution in [0, 0.1) is 18.3 Å². The lowest BCUT2D eigenvalue weighted by Crippen LogP contribution is -2.29. The minimum absolute atomic E-state index is 0.000999. The Bertz CT molecular complexity index is 1490. The van der Waals surface area contributed by atoms with Crippen LogP contribution in [-0.2, 0) is 0 Å². The minimum atomic E-state index is -0.000999. The molecule has 36 heavy (non-hydrogen) atoms. The van der Waals surface area contributed by atoms with E-state index < -0.39 is 0 Å². The second-order valence-corrected chi connectivity index (χ2v) is 10.0. The maximum Gasteiger partial charge on any atom is 0.253 e. The number of aromatic nitrogens is 2. The van der Waals surface area contributed by atoms with Gasteiger partial charge in [0.1, 0.15) is 5.65 Å². The van der Waals surface area contributed by atoms with Crippen LogP contribution in [0.3, 0.4) is 0 Å². The topological polar surface area (TPSA) is 76.0 Å². The van der Waals surface area contributed by atoms with E-state index in [1.807, 2.05) is 37.5 Å². The molecule has 1 aliphatic rings. The number of nitrogens with zero attached hydrogens (tertiary/aromatic N) is 4. The zero-order valence-corrected chi connectivity index (χ0v) is 21.3. The molecule has 2 aromatic heterocycles. The van der Waals surface area contributed by atoms with Gasteiger partial charge in [0.05, 0.1) is 11.6 Å². The number of amides is 1. The third kappa shape index (κ3) is 4.38. The summed E-state index contributed by atoms with van der Waals surface area (Å²) in [6.07, 6.45) is 6.00. The Kier molecular flexibility index (Phi) is 6.34. The Morgan fingerprint density at radius 2 is 1.83 bits per heavy atom. The van der Waals surface area contributed by atoms with Gasteiger partial charge in [0, 0.05) is 48.6 Å². The molecule has 3 heterocycles. The van der Waals surface area contributed by atoms with Crippen LogP contribution in [0.4, 0.5) is 0 Å². The van der Waals surface area contributed by atoms with E-state index in [4.69, 9.17) is 0 Å². The molecule has 1 N–H and O–H groups in total. The van der Waals surface area contributed by atoms with E-state index in [2.05, 4.69) is 52.3 Å². The summed E-state index contributed by atoms with van der Waals surface area (Å²) in [5.41, 5.74) is 8.41. The van der Waals surface area contributed by atoms with Crippen molar-refractivity contribution in [3.63, 3.8) is 0 Å². The quantitative estimate of drug-likeness (QED) is 0.416. The normalized spacial score (nSPS) is 14.6. The smallest absolute Gasteiger partial charge is 0.253 e. The number of aromatic amines is 1. The summed E-state index contributed by atoms with van der Waals surface area (Å²) in [4.78, 5) is 24.3. The Balaban J connectivity index is 1.50. The van der Waals surface area contributed by atoms with Gasteiger partial charge in [-0.2, -0.15) is 5.26 Å². The molecule has 6 heteroatoms. The number of nitrogens with one attached hydrogen (secondary N) is 1. The number of pyridine rings is 1. The lowest BCUT2D eigenvalue weighted by atomic mass is 9.85. The molecule has 1 aliphatic heterocycles. The van der Waals surface area contributed by atoms with Crippen LogP contribution in [0.2, 0.25) is 0 Å². The number of hydrogen-bond donors (Lipinski definition) is 1. The Morgan fingerprint density at radius 1 is 1.08 bits per heavy atom. The number of rotatable bonds is 4. The number of likely N-dealkylation sites (tertiary alicyclic amines) is 1. The van der Waals surface area contributed by atoms with Gasteiger partial charge in [-0.3, -0.25) is 4.79 Å². The van der Waals surface area contributed by atoms with Crippen molar-refractivity contribution in [1.29, 1.82) is 5.26 Å². The fraction of sp³-hybridized carbons (Fsp3) is 0.300. The summed E-state index contributed by atoms with van der Waals surface area (Å²) < 4.78 is 0. The van der Waals surface area contributed by atoms with Gasteiger partial charge < -0.3 is 14.8 Å². The number of aryl methyl sites for hydroxylation is 1. The van der Waals surface area contributed by atoms with E-state index in [0.29, 0.717) is 11.5 Å². The van der Waals surface area contributed by atoms with Crippen molar-refractivity contribution in [3.8, 4) is 28.3 Å². The number of carbonyl (C=O) groups excluding carboxylic acids is 1. The van der Waals surface area contributed by atoms with Crippen LogP contribution in [0.15, 0.2) is 54.9 Å². The molecule has 0 spiro atoms. The highest BCUT2D eigenvalue weighted by molar-refractivity contribution is 5.99. The highest BCUT2D eigenvalue weighted by Gasteiger charge is 2.21. The van der Waals surface area contributed by atoms with Gasteiger partial charge in [0.25, 0.3) is 5.91 Å². The Labute approximate surface area is 212 Å². The van der Waals surface area contributed by atoms with Crippen molar-refractivity contribution in [1.82, 2.24) is 19.8 Å². The van der Waals surface area contributed by atoms with Crippen molar-refractivity contribution < 1.29 is 4.79 Å². The first kappa shape index (κ1) is 23.8. The van der Waals surface area contributed by atoms with E-state index in [9.17, 15) is 10.1 Å². The molecule has 2 aromatic carbocycles. The maximum absolute atomic E-state index is 12.5. The third-order valence-electron chi connectivity index (χ3n) is 7.37. The number of nitriles is 1. The lowest BCUT2D eigenvalue weighted by Gasteiger charge is -2.29. The van der Waals surface area contributed by atoms with Gasteiger partial charge in [-0.1, -0.05) is 24.3 Å². The monoisotopic (exact) mass is 477 g/mol. The summed E-state index contributed by atoms with van der Waals surface area (Å²) in [7, 11) is 5.68. The molecular weight excluding hydrogens is 446 g/mol. The van der Waals surface area contributed by atoms with Crippen molar-refractivity contribution in [3.05, 3.63) is 77.1 Å². The summed E-state index contributed by atoms with van der Waals surface area (Å²) in [6, 6.07) is 16.8. The average Bonchev–Trinajstić information content (AvgIpc) is 3.31. The van der Waals surface area contributed by atoms with Gasteiger partial charge >= 0.3 is 0 Å². The van der Waals surface area contributed by atoms with Crippen molar-refractivity contribution >= 4 is 16.9 Å². The van der Waals surface area contributed by atoms with Gasteiger partial charge in [-0.25, -0.2) is 4.98 Å². The molecule has 4 aromatic rings. The van der Waals surface area contributed by atoms with Crippen LogP contribution < -0.4 is 0 Å². The summed E-state index contributed by atoms with van der Waals surface area (Å²) in [5, 5.41) is 10.9. The molecule has 0 saturated carbocycles. The van der Waals surface area contributed by atoms with Crippen molar-refractivity contribution in [2.75, 3.05) is 34.2 Å². The van der Waals surface area contributed by atoms with Crippen molar-refractivity contribution in [2.45, 2.75) is 25.7 Å². The van der Waals surface area contributed by atoms with E-state index >= 15 is 0 Å². The number of piperidine rings is 1. The highest BCUT2D eigenvalue weighted by Crippen LogP contribution is 2.35. The molecule has 1 fully saturated rings. The molecule has 5 rings (SSSR count). The second-order valence-electron chi connectivity index (χ2n) is 10.0. The number of fused-ring (bicyclic) bond motifs is 1. The lowest BCUT2D eigenvalue weighted by molar-refractivity contribution is 0.0827. The standard InChI is InChI=1S/C30H31N5O/c1-19-13-22(6-7-25(19)30(36)34(2)3)28-18-33-29-27(28)15-24(17-32-29)21-5-8-26(23(14-21)16-31)20-9-11-35(4)12-10-20/h5-8,13-15,17-18,20H,9-12H2,1-4H3,(H,32,33). The third-order valence-corrected chi connectivity index (χ3v) is 7.37. The molecule has 6 nitrogen and oxygen atoms in total. The summed E-state index contributed by atoms with van der Waals surface area (Å²) in [6.45, 7) is 4.10. The first-order valence-corrected chi connectivity index (χ1v) is 12.4. The van der Waals surface area contributed by atoms with Gasteiger partial charge in [-0.05, 0) is 86.3 Å². The fourth-order valence-corrected chi connectivity index (χ4v) is 5.22. The van der Waals surface area contributed by atoms with Gasteiger partial charge in [0.2, 0.25) is 0 Å². The van der Waals surface area contributed by atoms with Crippen LogP contribution in [0.5, 0.6) is 0 Å². The Hall–Kier alpha value is -3.95. The van der Waals surface area contributed by atoms with E-state index in [1.165, 1.54) is 0 Å². The molecule has 1 amide bonds. The zero-order valence-electron chi connectivity index (χ0n) is 21.3. The number of hydrogen-bond acceptors (Lipinski definition) is 4. The van der Waals surface area contributed by atoms with Crippen LogP contribution in [0.25, 0.3) is 33.3 Å². The predicted molar refractivity (Wildman–Crippen MR) is 144 cm³/mol. The largest absolute Gasteiger partial charge is 0.346 e. The molecule has 0 radical (unpaired) electrons. The van der Waals surface area contributed by atoms with Crippen LogP contribution >= 0.6 is 0 Å². The Morgan fingerprint density at radius 3 is 2.53 bits per heavy atom. The number of benzene rings is 2. The van der Waals surface area contributed by atoms with E-state index in [1.54, 1.807) is 19.0 Å². The summed E-state index contributed by atoms with van der Waals surface area (Å²) >= 11 is 0. The van der Waals surface area contributed by atoms with E-state index in [0.717, 1.165) is 75.9 Å². The highest BCUT2D eigenvalue weighted by atomic mass is 16.2. The zero-order chi connectivity index (χ0) is 25.4. The summed E-state index contributed by atoms with van der Waals surface area (Å²) in [5.74, 6) is 0.436. The maximum atomic E-state index is 12.5. The molecule has 0 unspecified atom stereocenters. The van der Waals surface area contributed by atoms with Crippen LogP contribution in [0.1, 0.15) is 45.8 Å². The van der Waals surface area contributed by atoms with Gasteiger partial charge in [-0.15, -0.1) is 0 Å². The van der Waals surface area contributed by atoms with Crippen LogP contribution in [-0.4, -0.2) is 59.9 Å². The second kappa shape index (κ2) is 9.60. The molecule has 0 aliphatic carbocycles. The SMILES string of the molecule is Cc1cc(-c2c[nH]c3ncc(-c4ccc(C5CCN(C)CC5)c(C#N)c4)cc23)ccc1C(=O)N(C)C. The number of H-pyrrole nitrogens is 1. The molecule has 182 valence electrons. The molecule has 0 atom stereocenters. The van der Waals surface area contributed by atoms with E-state index in [-0.39, 0.29) is 5.91 Å². The predicted octanol–water partition coefficient (Wildman–Crippen LogP) is 5.59. The first-order chi connectivity index (χ1) is 17.4. The number of carbonyl (C=O) groups is 1. The fourth-order valence-electron chi connectivity index (χ4n) is 5.22. The average molecular weight is 478 g/mol.